The van der Waals surface area contributed by atoms with Crippen molar-refractivity contribution in [3.63, 3.8) is 0 Å². The Morgan fingerprint density at radius 1 is 1.36 bits per heavy atom. The van der Waals surface area contributed by atoms with Crippen LogP contribution < -0.4 is 0 Å². The van der Waals surface area contributed by atoms with Gasteiger partial charge in [0.25, 0.3) is 0 Å². The van der Waals surface area contributed by atoms with Crippen molar-refractivity contribution in [2.45, 2.75) is 32.3 Å². The first-order chi connectivity index (χ1) is 5.42. The number of rotatable bonds is 1. The van der Waals surface area contributed by atoms with Crippen molar-refractivity contribution < 1.29 is 5.11 Å². The van der Waals surface area contributed by atoms with Gasteiger partial charge < -0.3 is 10.1 Å². The molecule has 1 aromatic heterocycles. The molecular weight excluding hydrogens is 138 g/mol. The van der Waals surface area contributed by atoms with E-state index in [0.717, 1.165) is 12.1 Å². The molecule has 0 radical (unpaired) electrons. The molecule has 0 atom stereocenters. The van der Waals surface area contributed by atoms with Crippen LogP contribution in [-0.2, 0) is 19.4 Å². The minimum absolute atomic E-state index is 0.162. The third-order valence-electron chi connectivity index (χ3n) is 2.45. The molecule has 0 saturated heterocycles. The molecule has 11 heavy (non-hydrogen) atoms. The highest BCUT2D eigenvalue weighted by Crippen LogP contribution is 2.23. The van der Waals surface area contributed by atoms with Gasteiger partial charge in [0.15, 0.2) is 0 Å². The van der Waals surface area contributed by atoms with Crippen LogP contribution in [0.1, 0.15) is 29.7 Å². The van der Waals surface area contributed by atoms with Gasteiger partial charge in [-0.15, -0.1) is 0 Å². The van der Waals surface area contributed by atoms with Crippen molar-refractivity contribution in [3.8, 4) is 0 Å². The first kappa shape index (κ1) is 6.92. The average Bonchev–Trinajstić information content (AvgIpc) is 2.47. The first-order valence-corrected chi connectivity index (χ1v) is 4.20. The first-order valence-electron chi connectivity index (χ1n) is 4.20. The van der Waals surface area contributed by atoms with Crippen LogP contribution >= 0.6 is 0 Å². The lowest BCUT2D eigenvalue weighted by Crippen LogP contribution is -2.01. The Morgan fingerprint density at radius 3 is 3.00 bits per heavy atom. The molecule has 1 aromatic rings. The van der Waals surface area contributed by atoms with Crippen molar-refractivity contribution in [2.24, 2.45) is 0 Å². The van der Waals surface area contributed by atoms with Crippen molar-refractivity contribution in [1.82, 2.24) is 4.98 Å². The molecule has 0 spiro atoms. The van der Waals surface area contributed by atoms with Gasteiger partial charge in [-0.1, -0.05) is 0 Å². The van der Waals surface area contributed by atoms with Crippen molar-refractivity contribution in [2.75, 3.05) is 0 Å². The SMILES string of the molecule is OCc1[nH]cc2c1CCCC2. The number of hydrogen-bond donors (Lipinski definition) is 2. The highest BCUT2D eigenvalue weighted by molar-refractivity contribution is 5.32. The van der Waals surface area contributed by atoms with E-state index in [9.17, 15) is 0 Å². The van der Waals surface area contributed by atoms with Gasteiger partial charge in [0.1, 0.15) is 0 Å². The minimum atomic E-state index is 0.162. The van der Waals surface area contributed by atoms with Crippen LogP contribution in [0.2, 0.25) is 0 Å². The number of nitrogens with one attached hydrogen (secondary N) is 1. The molecule has 2 heteroatoms. The summed E-state index contributed by atoms with van der Waals surface area (Å²) in [6.45, 7) is 0.162. The summed E-state index contributed by atoms with van der Waals surface area (Å²) >= 11 is 0. The van der Waals surface area contributed by atoms with Crippen LogP contribution in [0.4, 0.5) is 0 Å². The molecule has 0 saturated carbocycles. The fraction of sp³-hybridized carbons (Fsp3) is 0.556. The number of H-pyrrole nitrogens is 1. The van der Waals surface area contributed by atoms with Crippen molar-refractivity contribution in [3.05, 3.63) is 23.0 Å². The van der Waals surface area contributed by atoms with E-state index < -0.39 is 0 Å². The number of aromatic amines is 1. The van der Waals surface area contributed by atoms with Crippen LogP contribution in [0, 0.1) is 0 Å². The summed E-state index contributed by atoms with van der Waals surface area (Å²) in [7, 11) is 0. The summed E-state index contributed by atoms with van der Waals surface area (Å²) in [5.74, 6) is 0. The number of aryl methyl sites for hydroxylation is 1. The van der Waals surface area contributed by atoms with Crippen molar-refractivity contribution in [1.29, 1.82) is 0 Å². The van der Waals surface area contributed by atoms with Gasteiger partial charge in [0.05, 0.1) is 6.61 Å². The lowest BCUT2D eigenvalue weighted by Gasteiger charge is -2.11. The largest absolute Gasteiger partial charge is 0.390 e. The topological polar surface area (TPSA) is 36.0 Å². The molecule has 1 aliphatic carbocycles. The molecule has 0 aliphatic heterocycles. The number of fused-ring (bicyclic) bond motifs is 1. The molecule has 0 amide bonds. The Morgan fingerprint density at radius 2 is 2.18 bits per heavy atom. The quantitative estimate of drug-likeness (QED) is 0.625. The molecule has 2 nitrogen and oxygen atoms in total. The van der Waals surface area contributed by atoms with Gasteiger partial charge in [0, 0.05) is 11.9 Å². The zero-order chi connectivity index (χ0) is 7.68. The predicted octanol–water partition coefficient (Wildman–Crippen LogP) is 1.39. The summed E-state index contributed by atoms with van der Waals surface area (Å²) in [4.78, 5) is 3.12. The van der Waals surface area contributed by atoms with Crippen LogP contribution in [0.15, 0.2) is 6.20 Å². The van der Waals surface area contributed by atoms with E-state index in [1.165, 1.54) is 30.4 Å². The Labute approximate surface area is 66.3 Å². The number of hydrogen-bond acceptors (Lipinski definition) is 1. The van der Waals surface area contributed by atoms with E-state index in [4.69, 9.17) is 5.11 Å². The summed E-state index contributed by atoms with van der Waals surface area (Å²) in [6, 6.07) is 0. The van der Waals surface area contributed by atoms with E-state index >= 15 is 0 Å². The molecule has 2 rings (SSSR count). The predicted molar refractivity (Wildman–Crippen MR) is 43.4 cm³/mol. The van der Waals surface area contributed by atoms with Gasteiger partial charge in [-0.3, -0.25) is 0 Å². The summed E-state index contributed by atoms with van der Waals surface area (Å²) < 4.78 is 0. The van der Waals surface area contributed by atoms with E-state index in [0.29, 0.717) is 0 Å². The van der Waals surface area contributed by atoms with Crippen molar-refractivity contribution >= 4 is 0 Å². The lowest BCUT2D eigenvalue weighted by atomic mass is 9.94. The molecule has 60 valence electrons. The molecule has 1 aliphatic rings. The van der Waals surface area contributed by atoms with Gasteiger partial charge in [-0.25, -0.2) is 0 Å². The second-order valence-electron chi connectivity index (χ2n) is 3.14. The lowest BCUT2D eigenvalue weighted by molar-refractivity contribution is 0.276. The molecule has 0 fully saturated rings. The Balaban J connectivity index is 2.38. The van der Waals surface area contributed by atoms with Crippen LogP contribution in [0.3, 0.4) is 0 Å². The third kappa shape index (κ3) is 1.07. The van der Waals surface area contributed by atoms with E-state index in [1.54, 1.807) is 0 Å². The van der Waals surface area contributed by atoms with E-state index in [-0.39, 0.29) is 6.61 Å². The summed E-state index contributed by atoms with van der Waals surface area (Å²) in [5.41, 5.74) is 3.82. The Bertz CT molecular complexity index is 239. The highest BCUT2D eigenvalue weighted by atomic mass is 16.3. The molecule has 0 bridgehead atoms. The van der Waals surface area contributed by atoms with E-state index in [2.05, 4.69) is 4.98 Å². The summed E-state index contributed by atoms with van der Waals surface area (Å²) in [5, 5.41) is 8.95. The Hall–Kier alpha value is -0.760. The maximum Gasteiger partial charge on any atom is 0.0833 e. The fourth-order valence-corrected chi connectivity index (χ4v) is 1.84. The number of aliphatic hydroxyl groups is 1. The maximum absolute atomic E-state index is 8.95. The molecule has 0 unspecified atom stereocenters. The van der Waals surface area contributed by atoms with Gasteiger partial charge >= 0.3 is 0 Å². The molecule has 2 N–H and O–H groups in total. The van der Waals surface area contributed by atoms with Crippen LogP contribution in [0.25, 0.3) is 0 Å². The standard InChI is InChI=1S/C9H13NO/c11-6-9-8-4-2-1-3-7(8)5-10-9/h5,10-11H,1-4,6H2. The monoisotopic (exact) mass is 151 g/mol. The van der Waals surface area contributed by atoms with Crippen LogP contribution in [0.5, 0.6) is 0 Å². The van der Waals surface area contributed by atoms with Gasteiger partial charge in [-0.2, -0.15) is 0 Å². The summed E-state index contributed by atoms with van der Waals surface area (Å²) in [6.07, 6.45) is 6.95. The highest BCUT2D eigenvalue weighted by Gasteiger charge is 2.13. The molecule has 0 aromatic carbocycles. The zero-order valence-corrected chi connectivity index (χ0v) is 6.56. The molecule has 1 heterocycles. The van der Waals surface area contributed by atoms with Crippen LogP contribution in [-0.4, -0.2) is 10.1 Å². The smallest absolute Gasteiger partial charge is 0.0833 e. The third-order valence-corrected chi connectivity index (χ3v) is 2.45. The minimum Gasteiger partial charge on any atom is -0.390 e. The normalized spacial score (nSPS) is 16.5. The van der Waals surface area contributed by atoms with Gasteiger partial charge in [-0.05, 0) is 36.8 Å². The molecular formula is C9H13NO. The second-order valence-corrected chi connectivity index (χ2v) is 3.14. The number of aliphatic hydroxyl groups excluding tert-OH is 1. The number of aromatic nitrogens is 1. The average molecular weight is 151 g/mol. The maximum atomic E-state index is 8.95. The Kier molecular flexibility index (Phi) is 1.70. The zero-order valence-electron chi connectivity index (χ0n) is 6.56. The van der Waals surface area contributed by atoms with E-state index in [1.807, 2.05) is 6.20 Å². The second kappa shape index (κ2) is 2.70. The van der Waals surface area contributed by atoms with Gasteiger partial charge in [0.2, 0.25) is 0 Å². The fourth-order valence-electron chi connectivity index (χ4n) is 1.84.